The molecule has 1 saturated heterocycles. The maximum atomic E-state index is 11.8. The van der Waals surface area contributed by atoms with Crippen molar-refractivity contribution in [1.29, 1.82) is 0 Å². The molecule has 0 saturated carbocycles. The number of benzene rings is 3. The first-order valence-electron chi connectivity index (χ1n) is 13.9. The highest BCUT2D eigenvalue weighted by molar-refractivity contribution is 6.30. The van der Waals surface area contributed by atoms with Crippen LogP contribution in [0.1, 0.15) is 43.5 Å². The van der Waals surface area contributed by atoms with Crippen LogP contribution in [0.2, 0.25) is 5.02 Å². The van der Waals surface area contributed by atoms with Gasteiger partial charge in [-0.1, -0.05) is 73.3 Å². The van der Waals surface area contributed by atoms with E-state index in [4.69, 9.17) is 22.1 Å². The Hall–Kier alpha value is -4.07. The van der Waals surface area contributed by atoms with Crippen molar-refractivity contribution in [2.45, 2.75) is 26.8 Å². The smallest absolute Gasteiger partial charge is 0.338 e. The molecule has 0 spiro atoms. The summed E-state index contributed by atoms with van der Waals surface area (Å²) in [6.07, 6.45) is 0.242. The summed E-state index contributed by atoms with van der Waals surface area (Å²) in [5, 5.41) is 13.3. The minimum atomic E-state index is -0.928. The van der Waals surface area contributed by atoms with Gasteiger partial charge in [0.05, 0.1) is 18.3 Å². The number of nitrogens with zero attached hydrogens (tertiary/aromatic N) is 3. The molecule has 0 radical (unpaired) electrons. The van der Waals surface area contributed by atoms with E-state index in [2.05, 4.69) is 63.4 Å². The molecule has 3 aromatic carbocycles. The molecule has 10 heteroatoms. The van der Waals surface area contributed by atoms with Crippen molar-refractivity contribution in [2.24, 2.45) is 5.73 Å². The van der Waals surface area contributed by atoms with E-state index in [9.17, 15) is 14.8 Å². The van der Waals surface area contributed by atoms with Crippen molar-refractivity contribution in [3.8, 4) is 17.6 Å². The molecule has 9 nitrogen and oxygen atoms in total. The summed E-state index contributed by atoms with van der Waals surface area (Å²) in [5.74, 6) is 6.19. The van der Waals surface area contributed by atoms with Crippen LogP contribution in [-0.2, 0) is 4.79 Å². The third-order valence-electron chi connectivity index (χ3n) is 6.96. The average Bonchev–Trinajstić information content (AvgIpc) is 2.98. The van der Waals surface area contributed by atoms with Gasteiger partial charge in [-0.05, 0) is 41.5 Å². The Kier molecular flexibility index (Phi) is 12.9. The van der Waals surface area contributed by atoms with E-state index in [0.29, 0.717) is 28.7 Å². The highest BCUT2D eigenvalue weighted by Gasteiger charge is 2.26. The predicted molar refractivity (Wildman–Crippen MR) is 170 cm³/mol. The van der Waals surface area contributed by atoms with Crippen LogP contribution < -0.4 is 15.8 Å². The molecule has 3 aromatic rings. The first kappa shape index (κ1) is 33.4. The minimum absolute atomic E-state index is 0. The fourth-order valence-corrected chi connectivity index (χ4v) is 5.01. The van der Waals surface area contributed by atoms with Gasteiger partial charge in [0, 0.05) is 56.7 Å². The van der Waals surface area contributed by atoms with Crippen LogP contribution in [0, 0.1) is 11.8 Å². The van der Waals surface area contributed by atoms with Crippen molar-refractivity contribution in [1.82, 2.24) is 14.9 Å². The van der Waals surface area contributed by atoms with Gasteiger partial charge >= 0.3 is 6.03 Å². The van der Waals surface area contributed by atoms with E-state index in [-0.39, 0.29) is 32.3 Å². The number of amides is 3. The monoisotopic (exact) mass is 605 g/mol. The molecule has 0 bridgehead atoms. The molecule has 1 fully saturated rings. The predicted octanol–water partition coefficient (Wildman–Crippen LogP) is 5.23. The first-order valence-corrected chi connectivity index (χ1v) is 14.2. The van der Waals surface area contributed by atoms with Crippen molar-refractivity contribution in [2.75, 3.05) is 51.2 Å². The molecule has 0 aliphatic carbocycles. The number of carbonyl (C=O) groups excluding carboxylic acids is 2. The van der Waals surface area contributed by atoms with Crippen LogP contribution in [0.5, 0.6) is 5.75 Å². The molecule has 43 heavy (non-hydrogen) atoms. The SMILES string of the molecule is C.CC(=O)Nc1cc(C#CCCN(O)C(N)=O)ccc1OCCN1CCN([C@H](c2ccccc2)c2ccc(Cl)cc2)CC1. The number of nitrogens with one attached hydrogen (secondary N) is 1. The Bertz CT molecular complexity index is 1400. The fraction of sp³-hybridized carbons (Fsp3) is 0.333. The number of nitrogens with two attached hydrogens (primary N) is 1. The number of anilines is 1. The molecule has 4 rings (SSSR count). The average molecular weight is 606 g/mol. The Morgan fingerprint density at radius 3 is 2.37 bits per heavy atom. The maximum absolute atomic E-state index is 11.8. The summed E-state index contributed by atoms with van der Waals surface area (Å²) in [6.45, 7) is 6.32. The van der Waals surface area contributed by atoms with E-state index in [1.54, 1.807) is 18.2 Å². The zero-order valence-electron chi connectivity index (χ0n) is 23.6. The summed E-state index contributed by atoms with van der Waals surface area (Å²) < 4.78 is 6.08. The molecular formula is C33H40ClN5O4. The lowest BCUT2D eigenvalue weighted by molar-refractivity contribution is -0.114. The summed E-state index contributed by atoms with van der Waals surface area (Å²) in [5.41, 5.74) is 8.68. The Morgan fingerprint density at radius 1 is 1.05 bits per heavy atom. The van der Waals surface area contributed by atoms with E-state index < -0.39 is 6.03 Å². The lowest BCUT2D eigenvalue weighted by Crippen LogP contribution is -2.48. The van der Waals surface area contributed by atoms with Gasteiger partial charge in [-0.3, -0.25) is 19.8 Å². The van der Waals surface area contributed by atoms with E-state index in [0.717, 1.165) is 37.7 Å². The number of urea groups is 1. The van der Waals surface area contributed by atoms with Gasteiger partial charge in [0.15, 0.2) is 0 Å². The van der Waals surface area contributed by atoms with Crippen molar-refractivity contribution in [3.63, 3.8) is 0 Å². The molecule has 0 unspecified atom stereocenters. The lowest BCUT2D eigenvalue weighted by Gasteiger charge is -2.39. The normalized spacial score (nSPS) is 14.0. The summed E-state index contributed by atoms with van der Waals surface area (Å²) in [7, 11) is 0. The van der Waals surface area contributed by atoms with E-state index in [1.807, 2.05) is 18.2 Å². The van der Waals surface area contributed by atoms with Crippen molar-refractivity contribution >= 4 is 29.2 Å². The van der Waals surface area contributed by atoms with Crippen molar-refractivity contribution < 1.29 is 19.5 Å². The molecule has 228 valence electrons. The van der Waals surface area contributed by atoms with Gasteiger partial charge in [0.2, 0.25) is 5.91 Å². The topological polar surface area (TPSA) is 111 Å². The molecule has 0 aromatic heterocycles. The molecule has 1 atom stereocenters. The number of hydrogen-bond acceptors (Lipinski definition) is 6. The highest BCUT2D eigenvalue weighted by Crippen LogP contribution is 2.30. The number of primary amides is 1. The molecule has 4 N–H and O–H groups in total. The zero-order chi connectivity index (χ0) is 29.9. The van der Waals surface area contributed by atoms with Crippen LogP contribution >= 0.6 is 11.6 Å². The van der Waals surface area contributed by atoms with Gasteiger partial charge in [-0.25, -0.2) is 9.86 Å². The number of carbonyl (C=O) groups is 2. The van der Waals surface area contributed by atoms with E-state index in [1.165, 1.54) is 18.1 Å². The zero-order valence-corrected chi connectivity index (χ0v) is 24.4. The van der Waals surface area contributed by atoms with Crippen molar-refractivity contribution in [3.05, 3.63) is 94.5 Å². The first-order chi connectivity index (χ1) is 20.3. The molecule has 1 aliphatic rings. The second-order valence-electron chi connectivity index (χ2n) is 10.00. The van der Waals surface area contributed by atoms with Crippen LogP contribution in [0.15, 0.2) is 72.8 Å². The third kappa shape index (κ3) is 10.0. The summed E-state index contributed by atoms with van der Waals surface area (Å²) >= 11 is 6.17. The Balaban J connectivity index is 0.00000506. The number of rotatable bonds is 10. The van der Waals surface area contributed by atoms with Gasteiger partial charge in [-0.2, -0.15) is 0 Å². The standard InChI is InChI=1S/C32H36ClN5O4.CH4/c1-24(39)35-29-23-25(7-5-6-16-38(41)32(34)40)10-15-30(29)42-22-21-36-17-19-37(20-18-36)31(26-8-3-2-4-9-26)27-11-13-28(33)14-12-27;/h2-4,8-15,23,31,41H,6,16-22H2,1H3,(H2,34,40)(H,35,39);1H4/t31-;/m1./s1. The number of halogens is 1. The van der Waals surface area contributed by atoms with E-state index >= 15 is 0 Å². The van der Waals surface area contributed by atoms with Crippen LogP contribution in [0.3, 0.4) is 0 Å². The number of piperazine rings is 1. The van der Waals surface area contributed by atoms with Crippen LogP contribution in [0.25, 0.3) is 0 Å². The number of ether oxygens (including phenoxy) is 1. The molecule has 3 amide bonds. The third-order valence-corrected chi connectivity index (χ3v) is 7.22. The van der Waals surface area contributed by atoms with Gasteiger partial charge in [0.25, 0.3) is 0 Å². The minimum Gasteiger partial charge on any atom is -0.490 e. The second-order valence-corrected chi connectivity index (χ2v) is 10.4. The lowest BCUT2D eigenvalue weighted by atomic mass is 9.96. The number of hydrogen-bond donors (Lipinski definition) is 3. The number of hydroxylamine groups is 2. The maximum Gasteiger partial charge on any atom is 0.338 e. The fourth-order valence-electron chi connectivity index (χ4n) is 4.88. The van der Waals surface area contributed by atoms with Crippen LogP contribution in [-0.4, -0.2) is 77.9 Å². The van der Waals surface area contributed by atoms with Gasteiger partial charge in [0.1, 0.15) is 12.4 Å². The Morgan fingerprint density at radius 2 is 1.72 bits per heavy atom. The molecule has 1 heterocycles. The largest absolute Gasteiger partial charge is 0.490 e. The summed E-state index contributed by atoms with van der Waals surface area (Å²) in [4.78, 5) is 27.6. The van der Waals surface area contributed by atoms with Gasteiger partial charge < -0.3 is 15.8 Å². The highest BCUT2D eigenvalue weighted by atomic mass is 35.5. The molecular weight excluding hydrogens is 566 g/mol. The van der Waals surface area contributed by atoms with Crippen LogP contribution in [0.4, 0.5) is 10.5 Å². The Labute approximate surface area is 259 Å². The quantitative estimate of drug-likeness (QED) is 0.166. The second kappa shape index (κ2) is 16.5. The molecule has 1 aliphatic heterocycles. The van der Waals surface area contributed by atoms with Gasteiger partial charge in [-0.15, -0.1) is 0 Å². The summed E-state index contributed by atoms with van der Waals surface area (Å²) in [6, 6.07) is 23.2.